The van der Waals surface area contributed by atoms with Gasteiger partial charge in [-0.05, 0) is 58.8 Å². The summed E-state index contributed by atoms with van der Waals surface area (Å²) in [5.41, 5.74) is -1.76. The van der Waals surface area contributed by atoms with E-state index in [1.54, 1.807) is 13.8 Å². The van der Waals surface area contributed by atoms with Crippen LogP contribution in [0.4, 0.5) is 0 Å². The molecule has 0 saturated carbocycles. The second-order valence-corrected chi connectivity index (χ2v) is 8.91. The van der Waals surface area contributed by atoms with Gasteiger partial charge in [-0.2, -0.15) is 26.0 Å². The molecular weight excluding hydrogens is 322 g/mol. The molecule has 0 aliphatic carbocycles. The summed E-state index contributed by atoms with van der Waals surface area (Å²) in [6.45, 7) is 17.7. The van der Waals surface area contributed by atoms with E-state index in [4.69, 9.17) is 5.26 Å². The van der Waals surface area contributed by atoms with Crippen molar-refractivity contribution in [3.05, 3.63) is 0 Å². The maximum absolute atomic E-state index is 9.20. The summed E-state index contributed by atoms with van der Waals surface area (Å²) in [7, 11) is 0. The minimum atomic E-state index is -0.830. The van der Waals surface area contributed by atoms with Crippen molar-refractivity contribution in [3.63, 3.8) is 0 Å². The van der Waals surface area contributed by atoms with Crippen molar-refractivity contribution in [1.29, 1.82) is 15.8 Å². The van der Waals surface area contributed by atoms with E-state index in [-0.39, 0.29) is 5.41 Å². The fourth-order valence-electron chi connectivity index (χ4n) is 2.71. The predicted octanol–water partition coefficient (Wildman–Crippen LogP) is 6.43. The van der Waals surface area contributed by atoms with Crippen LogP contribution in [-0.2, 0) is 0 Å². The van der Waals surface area contributed by atoms with E-state index in [2.05, 4.69) is 35.4 Å². The number of azo groups is 1. The molecule has 146 valence electrons. The van der Waals surface area contributed by atoms with Crippen molar-refractivity contribution in [2.45, 2.75) is 99.1 Å². The molecular formula is C21H37N5. The first kappa shape index (κ1) is 26.3. The largest absolute Gasteiger partial charge is 0.198 e. The zero-order valence-electron chi connectivity index (χ0n) is 18.2. The van der Waals surface area contributed by atoms with E-state index in [0.29, 0.717) is 24.7 Å². The lowest BCUT2D eigenvalue weighted by molar-refractivity contribution is 0.384. The number of rotatable bonds is 8. The van der Waals surface area contributed by atoms with Gasteiger partial charge in [-0.15, -0.1) is 0 Å². The van der Waals surface area contributed by atoms with Crippen molar-refractivity contribution in [2.75, 3.05) is 0 Å². The molecule has 0 aliphatic heterocycles. The molecule has 2 atom stereocenters. The van der Waals surface area contributed by atoms with E-state index in [1.165, 1.54) is 0 Å². The Balaban J connectivity index is 0. The molecule has 0 rings (SSSR count). The first-order chi connectivity index (χ1) is 11.8. The summed E-state index contributed by atoms with van der Waals surface area (Å²) in [6, 6.07) is 6.62. The third kappa shape index (κ3) is 12.4. The van der Waals surface area contributed by atoms with Gasteiger partial charge in [0, 0.05) is 0 Å². The zero-order chi connectivity index (χ0) is 21.0. The first-order valence-corrected chi connectivity index (χ1v) is 9.46. The molecule has 5 heteroatoms. The van der Waals surface area contributed by atoms with Crippen molar-refractivity contribution in [1.82, 2.24) is 0 Å². The van der Waals surface area contributed by atoms with Gasteiger partial charge in [-0.25, -0.2) is 0 Å². The fourth-order valence-corrected chi connectivity index (χ4v) is 2.71. The second-order valence-electron chi connectivity index (χ2n) is 8.91. The van der Waals surface area contributed by atoms with Crippen molar-refractivity contribution in [3.8, 4) is 18.2 Å². The summed E-state index contributed by atoms with van der Waals surface area (Å²) >= 11 is 0. The van der Waals surface area contributed by atoms with E-state index in [0.717, 1.165) is 12.8 Å². The average Bonchev–Trinajstić information content (AvgIpc) is 2.52. The van der Waals surface area contributed by atoms with Gasteiger partial charge >= 0.3 is 0 Å². The Bertz CT molecular complexity index is 520. The molecule has 2 unspecified atom stereocenters. The quantitative estimate of drug-likeness (QED) is 0.467. The number of nitriles is 3. The van der Waals surface area contributed by atoms with E-state index < -0.39 is 11.1 Å². The Morgan fingerprint density at radius 2 is 1.08 bits per heavy atom. The Morgan fingerprint density at radius 3 is 1.23 bits per heavy atom. The van der Waals surface area contributed by atoms with Gasteiger partial charge in [0.2, 0.25) is 0 Å². The molecule has 0 saturated heterocycles. The van der Waals surface area contributed by atoms with Crippen LogP contribution in [0.15, 0.2) is 10.2 Å². The summed E-state index contributed by atoms with van der Waals surface area (Å²) in [5, 5.41) is 35.2. The van der Waals surface area contributed by atoms with Crippen molar-refractivity contribution in [2.24, 2.45) is 27.5 Å². The monoisotopic (exact) mass is 359 g/mol. The van der Waals surface area contributed by atoms with Crippen molar-refractivity contribution < 1.29 is 0 Å². The number of hydrogen-bond acceptors (Lipinski definition) is 5. The van der Waals surface area contributed by atoms with Crippen LogP contribution in [0.25, 0.3) is 0 Å². The van der Waals surface area contributed by atoms with Crippen LogP contribution >= 0.6 is 0 Å². The lowest BCUT2D eigenvalue weighted by atomic mass is 9.90. The Morgan fingerprint density at radius 1 is 0.731 bits per heavy atom. The number of hydrogen-bond donors (Lipinski definition) is 0. The lowest BCUT2D eigenvalue weighted by Gasteiger charge is -2.22. The number of nitrogens with zero attached hydrogens (tertiary/aromatic N) is 5. The highest BCUT2D eigenvalue weighted by molar-refractivity contribution is 5.07. The average molecular weight is 360 g/mol. The minimum absolute atomic E-state index is 0.102. The molecule has 0 fully saturated rings. The van der Waals surface area contributed by atoms with Crippen LogP contribution in [0.3, 0.4) is 0 Å². The topological polar surface area (TPSA) is 96.1 Å². The van der Waals surface area contributed by atoms with Crippen molar-refractivity contribution >= 4 is 0 Å². The SMILES string of the molecule is CC(C)CC(C)(C#N)/N=N/C(C)(C#N)CC(C)C.CCCC(C)(C)C#N. The van der Waals surface area contributed by atoms with Gasteiger partial charge in [0.1, 0.15) is 0 Å². The third-order valence-electron chi connectivity index (χ3n) is 3.76. The minimum Gasteiger partial charge on any atom is -0.198 e. The lowest BCUT2D eigenvalue weighted by Crippen LogP contribution is -2.26. The van der Waals surface area contributed by atoms with Gasteiger partial charge in [0.25, 0.3) is 0 Å². The highest BCUT2D eigenvalue weighted by atomic mass is 15.2. The third-order valence-corrected chi connectivity index (χ3v) is 3.76. The molecule has 0 aromatic rings. The van der Waals surface area contributed by atoms with E-state index in [9.17, 15) is 10.5 Å². The Kier molecular flexibility index (Phi) is 11.8. The van der Waals surface area contributed by atoms with Crippen LogP contribution in [0, 0.1) is 51.2 Å². The summed E-state index contributed by atoms with van der Waals surface area (Å²) in [6.07, 6.45) is 3.40. The molecule has 0 aliphatic rings. The summed E-state index contributed by atoms with van der Waals surface area (Å²) < 4.78 is 0. The van der Waals surface area contributed by atoms with Crippen LogP contribution in [-0.4, -0.2) is 11.1 Å². The van der Waals surface area contributed by atoms with E-state index >= 15 is 0 Å². The van der Waals surface area contributed by atoms with Gasteiger partial charge in [0.05, 0.1) is 23.6 Å². The van der Waals surface area contributed by atoms with E-state index in [1.807, 2.05) is 41.5 Å². The standard InChI is InChI=1S/C14H24N4.C7H13N/c1-11(2)7-13(5,9-15)17-18-14(6,10-16)8-12(3)4;1-4-5-7(2,3)6-8/h11-12H,7-8H2,1-6H3;4-5H2,1-3H3/b18-17+;. The Hall–Kier alpha value is -1.93. The van der Waals surface area contributed by atoms with Crippen LogP contribution < -0.4 is 0 Å². The first-order valence-electron chi connectivity index (χ1n) is 9.46. The van der Waals surface area contributed by atoms with Crippen LogP contribution in [0.2, 0.25) is 0 Å². The van der Waals surface area contributed by atoms with Crippen LogP contribution in [0.5, 0.6) is 0 Å². The molecule has 0 aromatic carbocycles. The molecule has 26 heavy (non-hydrogen) atoms. The molecule has 0 heterocycles. The molecule has 0 bridgehead atoms. The molecule has 0 N–H and O–H groups in total. The zero-order valence-corrected chi connectivity index (χ0v) is 18.2. The van der Waals surface area contributed by atoms with Gasteiger partial charge < -0.3 is 0 Å². The Labute approximate surface area is 161 Å². The maximum Gasteiger partial charge on any atom is 0.165 e. The highest BCUT2D eigenvalue weighted by Gasteiger charge is 2.29. The molecule has 0 amide bonds. The fraction of sp³-hybridized carbons (Fsp3) is 0.857. The van der Waals surface area contributed by atoms with Gasteiger partial charge in [0.15, 0.2) is 11.1 Å². The molecule has 5 nitrogen and oxygen atoms in total. The molecule has 0 spiro atoms. The predicted molar refractivity (Wildman–Crippen MR) is 106 cm³/mol. The summed E-state index contributed by atoms with van der Waals surface area (Å²) in [5.74, 6) is 0.735. The van der Waals surface area contributed by atoms with Gasteiger partial charge in [-0.1, -0.05) is 41.0 Å². The molecule has 0 aromatic heterocycles. The van der Waals surface area contributed by atoms with Gasteiger partial charge in [-0.3, -0.25) is 0 Å². The maximum atomic E-state index is 9.20. The second kappa shape index (κ2) is 11.6. The summed E-state index contributed by atoms with van der Waals surface area (Å²) in [4.78, 5) is 0. The van der Waals surface area contributed by atoms with Crippen LogP contribution in [0.1, 0.15) is 88.0 Å². The smallest absolute Gasteiger partial charge is 0.165 e. The highest BCUT2D eigenvalue weighted by Crippen LogP contribution is 2.26. The molecule has 0 radical (unpaired) electrons. The normalized spacial score (nSPS) is 16.0.